The van der Waals surface area contributed by atoms with E-state index in [1.165, 1.54) is 14.0 Å². The second kappa shape index (κ2) is 6.64. The van der Waals surface area contributed by atoms with Gasteiger partial charge in [-0.2, -0.15) is 0 Å². The van der Waals surface area contributed by atoms with E-state index < -0.39 is 0 Å². The molecule has 2 saturated heterocycles. The predicted molar refractivity (Wildman–Crippen MR) is 80.0 cm³/mol. The molecule has 0 bridgehead atoms. The summed E-state index contributed by atoms with van der Waals surface area (Å²) in [5.41, 5.74) is -0.362. The van der Waals surface area contributed by atoms with Gasteiger partial charge in [0.15, 0.2) is 0 Å². The first-order valence-electron chi connectivity index (χ1n) is 7.71. The van der Waals surface area contributed by atoms with Gasteiger partial charge >= 0.3 is 0 Å². The van der Waals surface area contributed by atoms with Crippen molar-refractivity contribution in [1.29, 1.82) is 0 Å². The quantitative estimate of drug-likeness (QED) is 0.709. The summed E-state index contributed by atoms with van der Waals surface area (Å²) < 4.78 is 4.94. The van der Waals surface area contributed by atoms with Gasteiger partial charge in [-0.25, -0.2) is 0 Å². The third-order valence-corrected chi connectivity index (χ3v) is 4.55. The Kier molecular flexibility index (Phi) is 5.05. The molecule has 0 unspecified atom stereocenters. The smallest absolute Gasteiger partial charge is 0.248 e. The monoisotopic (exact) mass is 311 g/mol. The molecule has 2 heterocycles. The maximum absolute atomic E-state index is 12.2. The van der Waals surface area contributed by atoms with Crippen molar-refractivity contribution in [1.82, 2.24) is 14.7 Å². The number of ether oxygens (including phenoxy) is 1. The largest absolute Gasteiger partial charge is 0.375 e. The second-order valence-corrected chi connectivity index (χ2v) is 6.27. The van der Waals surface area contributed by atoms with E-state index in [1.54, 1.807) is 9.80 Å². The molecule has 7 heteroatoms. The van der Waals surface area contributed by atoms with Crippen LogP contribution < -0.4 is 0 Å². The van der Waals surface area contributed by atoms with Crippen LogP contribution in [-0.2, 0) is 19.1 Å². The number of carbonyl (C=O) groups excluding carboxylic acids is 3. The molecule has 0 N–H and O–H groups in total. The molecule has 3 amide bonds. The Morgan fingerprint density at radius 1 is 1.18 bits per heavy atom. The molecule has 1 spiro atoms. The van der Waals surface area contributed by atoms with Crippen molar-refractivity contribution in [3.63, 3.8) is 0 Å². The van der Waals surface area contributed by atoms with Crippen molar-refractivity contribution in [3.05, 3.63) is 0 Å². The van der Waals surface area contributed by atoms with Gasteiger partial charge in [0.05, 0.1) is 0 Å². The molecular formula is C15H25N3O4. The summed E-state index contributed by atoms with van der Waals surface area (Å²) in [4.78, 5) is 41.5. The third kappa shape index (κ3) is 3.40. The molecule has 2 fully saturated rings. The number of methoxy groups -OCH3 is 1. The fourth-order valence-electron chi connectivity index (χ4n) is 3.44. The van der Waals surface area contributed by atoms with Crippen molar-refractivity contribution in [2.45, 2.75) is 20.3 Å². The number of hydrogen-bond donors (Lipinski definition) is 0. The fourth-order valence-corrected chi connectivity index (χ4v) is 3.44. The summed E-state index contributed by atoms with van der Waals surface area (Å²) in [5, 5.41) is 0. The van der Waals surface area contributed by atoms with Crippen molar-refractivity contribution in [3.8, 4) is 0 Å². The van der Waals surface area contributed by atoms with E-state index in [0.29, 0.717) is 45.7 Å². The topological polar surface area (TPSA) is 70.2 Å². The molecule has 7 nitrogen and oxygen atoms in total. The highest BCUT2D eigenvalue weighted by Crippen LogP contribution is 2.35. The minimum absolute atomic E-state index is 0.0113. The summed E-state index contributed by atoms with van der Waals surface area (Å²) in [6.07, 6.45) is 0.390. The third-order valence-electron chi connectivity index (χ3n) is 4.55. The van der Waals surface area contributed by atoms with Gasteiger partial charge in [-0.3, -0.25) is 14.4 Å². The molecular weight excluding hydrogens is 286 g/mol. The zero-order valence-electron chi connectivity index (χ0n) is 13.6. The van der Waals surface area contributed by atoms with Gasteiger partial charge in [-0.05, 0) is 6.92 Å². The number of nitrogens with zero attached hydrogens (tertiary/aromatic N) is 3. The van der Waals surface area contributed by atoms with Crippen LogP contribution >= 0.6 is 0 Å². The Morgan fingerprint density at radius 2 is 1.82 bits per heavy atom. The van der Waals surface area contributed by atoms with E-state index >= 15 is 0 Å². The van der Waals surface area contributed by atoms with E-state index in [-0.39, 0.29) is 29.7 Å². The lowest BCUT2D eigenvalue weighted by molar-refractivity contribution is -0.136. The van der Waals surface area contributed by atoms with Gasteiger partial charge in [0.1, 0.15) is 6.61 Å². The van der Waals surface area contributed by atoms with Crippen LogP contribution in [0.3, 0.4) is 0 Å². The van der Waals surface area contributed by atoms with E-state index in [1.807, 2.05) is 11.8 Å². The van der Waals surface area contributed by atoms with Crippen molar-refractivity contribution in [2.75, 3.05) is 53.0 Å². The van der Waals surface area contributed by atoms with Crippen LogP contribution in [0.15, 0.2) is 0 Å². The van der Waals surface area contributed by atoms with E-state index in [2.05, 4.69) is 0 Å². The van der Waals surface area contributed by atoms with Gasteiger partial charge in [0.2, 0.25) is 17.7 Å². The molecule has 0 aromatic heterocycles. The van der Waals surface area contributed by atoms with Crippen molar-refractivity contribution in [2.24, 2.45) is 5.41 Å². The predicted octanol–water partition coefficient (Wildman–Crippen LogP) is -0.438. The SMILES string of the molecule is CCN1C[C@]2(CC1=O)CN(C(C)=O)CCN(C(=O)COC)C2. The van der Waals surface area contributed by atoms with Gasteiger partial charge in [0.25, 0.3) is 0 Å². The summed E-state index contributed by atoms with van der Waals surface area (Å²) in [5.74, 6) is 0.00419. The fraction of sp³-hybridized carbons (Fsp3) is 0.800. The first-order chi connectivity index (χ1) is 10.4. The molecule has 0 radical (unpaired) electrons. The van der Waals surface area contributed by atoms with Gasteiger partial charge in [-0.1, -0.05) is 0 Å². The molecule has 2 aliphatic heterocycles. The minimum Gasteiger partial charge on any atom is -0.375 e. The Balaban J connectivity index is 2.23. The lowest BCUT2D eigenvalue weighted by Crippen LogP contribution is -2.45. The number of carbonyl (C=O) groups is 3. The summed E-state index contributed by atoms with van der Waals surface area (Å²) in [6, 6.07) is 0. The maximum atomic E-state index is 12.2. The average molecular weight is 311 g/mol. The highest BCUT2D eigenvalue weighted by atomic mass is 16.5. The molecule has 2 rings (SSSR count). The number of amides is 3. The van der Waals surface area contributed by atoms with Crippen molar-refractivity contribution >= 4 is 17.7 Å². The van der Waals surface area contributed by atoms with Gasteiger partial charge < -0.3 is 19.4 Å². The Morgan fingerprint density at radius 3 is 2.36 bits per heavy atom. The van der Waals surface area contributed by atoms with Gasteiger partial charge in [-0.15, -0.1) is 0 Å². The highest BCUT2D eigenvalue weighted by molar-refractivity contribution is 5.81. The molecule has 0 saturated carbocycles. The zero-order chi connectivity index (χ0) is 16.3. The molecule has 1 atom stereocenters. The number of hydrogen-bond acceptors (Lipinski definition) is 4. The van der Waals surface area contributed by atoms with Crippen molar-refractivity contribution < 1.29 is 19.1 Å². The number of likely N-dealkylation sites (tertiary alicyclic amines) is 1. The summed E-state index contributed by atoms with van der Waals surface area (Å²) >= 11 is 0. The molecule has 2 aliphatic rings. The van der Waals surface area contributed by atoms with E-state index in [9.17, 15) is 14.4 Å². The first kappa shape index (κ1) is 16.7. The normalized spacial score (nSPS) is 25.8. The summed E-state index contributed by atoms with van der Waals surface area (Å²) in [6.45, 7) is 6.80. The van der Waals surface area contributed by atoms with Crippen LogP contribution in [0.1, 0.15) is 20.3 Å². The minimum atomic E-state index is -0.362. The average Bonchev–Trinajstić information content (AvgIpc) is 2.65. The van der Waals surface area contributed by atoms with Crippen LogP contribution in [-0.4, -0.2) is 85.4 Å². The molecule has 0 aliphatic carbocycles. The van der Waals surface area contributed by atoms with Crippen LogP contribution in [0, 0.1) is 5.41 Å². The van der Waals surface area contributed by atoms with Crippen LogP contribution in [0.25, 0.3) is 0 Å². The second-order valence-electron chi connectivity index (χ2n) is 6.27. The molecule has 0 aromatic carbocycles. The van der Waals surface area contributed by atoms with E-state index in [4.69, 9.17) is 4.74 Å². The van der Waals surface area contributed by atoms with Crippen LogP contribution in [0.2, 0.25) is 0 Å². The molecule has 22 heavy (non-hydrogen) atoms. The Hall–Kier alpha value is -1.63. The molecule has 0 aromatic rings. The van der Waals surface area contributed by atoms with Crippen LogP contribution in [0.4, 0.5) is 0 Å². The van der Waals surface area contributed by atoms with Crippen LogP contribution in [0.5, 0.6) is 0 Å². The summed E-state index contributed by atoms with van der Waals surface area (Å²) in [7, 11) is 1.49. The van der Waals surface area contributed by atoms with E-state index in [0.717, 1.165) is 0 Å². The highest BCUT2D eigenvalue weighted by Gasteiger charge is 2.47. The Bertz CT molecular complexity index is 468. The zero-order valence-corrected chi connectivity index (χ0v) is 13.6. The lowest BCUT2D eigenvalue weighted by atomic mass is 9.86. The maximum Gasteiger partial charge on any atom is 0.248 e. The first-order valence-corrected chi connectivity index (χ1v) is 7.71. The molecule has 124 valence electrons. The Labute approximate surface area is 131 Å². The van der Waals surface area contributed by atoms with Gasteiger partial charge in [0, 0.05) is 65.1 Å². The lowest BCUT2D eigenvalue weighted by Gasteiger charge is -2.33. The number of rotatable bonds is 3. The standard InChI is InChI=1S/C15H25N3O4/c1-4-16-9-15(7-13(16)20)10-17(12(2)19)5-6-18(11-15)14(21)8-22-3/h4-11H2,1-3H3/t15-/m1/s1.